The SMILES string of the molecule is Cc1ccc2oc(-c3cc4ccc(F)cc4oc3=O)cc2n1. The van der Waals surface area contributed by atoms with Crippen LogP contribution in [0.1, 0.15) is 5.69 Å². The zero-order valence-corrected chi connectivity index (χ0v) is 11.6. The molecule has 5 heteroatoms. The molecular formula is C17H10FNO3. The van der Waals surface area contributed by atoms with Gasteiger partial charge in [0.25, 0.3) is 0 Å². The molecule has 0 N–H and O–H groups in total. The van der Waals surface area contributed by atoms with Gasteiger partial charge < -0.3 is 8.83 Å². The summed E-state index contributed by atoms with van der Waals surface area (Å²) in [7, 11) is 0. The van der Waals surface area contributed by atoms with Gasteiger partial charge in [0.15, 0.2) is 5.58 Å². The van der Waals surface area contributed by atoms with Crippen molar-refractivity contribution in [1.29, 1.82) is 0 Å². The van der Waals surface area contributed by atoms with E-state index in [2.05, 4.69) is 4.98 Å². The van der Waals surface area contributed by atoms with Gasteiger partial charge in [0, 0.05) is 23.2 Å². The predicted molar refractivity (Wildman–Crippen MR) is 80.2 cm³/mol. The van der Waals surface area contributed by atoms with E-state index in [-0.39, 0.29) is 11.1 Å². The summed E-state index contributed by atoms with van der Waals surface area (Å²) >= 11 is 0. The maximum Gasteiger partial charge on any atom is 0.347 e. The molecule has 0 saturated heterocycles. The third-order valence-electron chi connectivity index (χ3n) is 3.48. The van der Waals surface area contributed by atoms with Crippen LogP contribution in [0.3, 0.4) is 0 Å². The maximum absolute atomic E-state index is 13.2. The first-order valence-electron chi connectivity index (χ1n) is 6.71. The lowest BCUT2D eigenvalue weighted by Gasteiger charge is -1.99. The molecule has 0 unspecified atom stereocenters. The maximum atomic E-state index is 13.2. The van der Waals surface area contributed by atoms with Gasteiger partial charge >= 0.3 is 5.63 Å². The standard InChI is InChI=1S/C17H10FNO3/c1-9-2-5-14-13(19-9)8-16(21-14)12-6-10-3-4-11(18)7-15(10)22-17(12)20/h2-8H,1H3. The molecule has 1 aromatic carbocycles. The van der Waals surface area contributed by atoms with Crippen molar-refractivity contribution >= 4 is 22.1 Å². The molecule has 0 aliphatic rings. The Labute approximate surface area is 123 Å². The van der Waals surface area contributed by atoms with Gasteiger partial charge in [-0.2, -0.15) is 0 Å². The van der Waals surface area contributed by atoms with Crippen LogP contribution in [0.15, 0.2) is 56.1 Å². The van der Waals surface area contributed by atoms with Crippen LogP contribution in [-0.2, 0) is 0 Å². The first-order chi connectivity index (χ1) is 10.6. The van der Waals surface area contributed by atoms with Crippen LogP contribution in [-0.4, -0.2) is 4.98 Å². The van der Waals surface area contributed by atoms with Crippen molar-refractivity contribution in [3.63, 3.8) is 0 Å². The van der Waals surface area contributed by atoms with Gasteiger partial charge in [-0.25, -0.2) is 14.2 Å². The average Bonchev–Trinajstić information content (AvgIpc) is 2.89. The second-order valence-electron chi connectivity index (χ2n) is 5.08. The van der Waals surface area contributed by atoms with Crippen molar-refractivity contribution in [2.75, 3.05) is 0 Å². The van der Waals surface area contributed by atoms with Gasteiger partial charge in [0.2, 0.25) is 0 Å². The molecule has 4 rings (SSSR count). The van der Waals surface area contributed by atoms with Gasteiger partial charge in [-0.1, -0.05) is 0 Å². The van der Waals surface area contributed by atoms with Gasteiger partial charge in [-0.05, 0) is 37.3 Å². The van der Waals surface area contributed by atoms with Crippen LogP contribution in [0.2, 0.25) is 0 Å². The van der Waals surface area contributed by atoms with E-state index in [1.54, 1.807) is 24.3 Å². The molecule has 22 heavy (non-hydrogen) atoms. The molecule has 4 aromatic rings. The lowest BCUT2D eigenvalue weighted by atomic mass is 10.1. The van der Waals surface area contributed by atoms with Gasteiger partial charge in [-0.15, -0.1) is 0 Å². The lowest BCUT2D eigenvalue weighted by molar-refractivity contribution is 0.550. The van der Waals surface area contributed by atoms with E-state index >= 15 is 0 Å². The van der Waals surface area contributed by atoms with E-state index in [0.717, 1.165) is 5.69 Å². The second-order valence-corrected chi connectivity index (χ2v) is 5.08. The van der Waals surface area contributed by atoms with E-state index in [0.29, 0.717) is 22.2 Å². The van der Waals surface area contributed by atoms with Crippen molar-refractivity contribution in [2.24, 2.45) is 0 Å². The molecule has 0 radical (unpaired) electrons. The minimum Gasteiger partial charge on any atom is -0.454 e. The highest BCUT2D eigenvalue weighted by Gasteiger charge is 2.13. The van der Waals surface area contributed by atoms with Crippen LogP contribution in [0.5, 0.6) is 0 Å². The Bertz CT molecular complexity index is 1080. The molecule has 3 aromatic heterocycles. The minimum atomic E-state index is -0.575. The molecule has 0 spiro atoms. The highest BCUT2D eigenvalue weighted by molar-refractivity contribution is 5.84. The second kappa shape index (κ2) is 4.53. The Morgan fingerprint density at radius 2 is 1.86 bits per heavy atom. The quantitative estimate of drug-likeness (QED) is 0.497. The third-order valence-corrected chi connectivity index (χ3v) is 3.48. The van der Waals surface area contributed by atoms with Crippen LogP contribution in [0, 0.1) is 12.7 Å². The van der Waals surface area contributed by atoms with E-state index in [1.165, 1.54) is 12.1 Å². The molecule has 0 amide bonds. The van der Waals surface area contributed by atoms with Crippen molar-refractivity contribution in [3.05, 3.63) is 64.4 Å². The van der Waals surface area contributed by atoms with E-state index in [1.807, 2.05) is 13.0 Å². The Morgan fingerprint density at radius 3 is 2.73 bits per heavy atom. The minimum absolute atomic E-state index is 0.207. The Hall–Kier alpha value is -2.95. The zero-order chi connectivity index (χ0) is 15.3. The predicted octanol–water partition coefficient (Wildman–Crippen LogP) is 4.05. The first-order valence-corrected chi connectivity index (χ1v) is 6.71. The summed E-state index contributed by atoms with van der Waals surface area (Å²) in [4.78, 5) is 16.5. The molecule has 0 atom stereocenters. The number of fused-ring (bicyclic) bond motifs is 2. The van der Waals surface area contributed by atoms with Crippen molar-refractivity contribution in [3.8, 4) is 11.3 Å². The summed E-state index contributed by atoms with van der Waals surface area (Å²) < 4.78 is 24.0. The fourth-order valence-electron chi connectivity index (χ4n) is 2.42. The molecule has 0 bridgehead atoms. The van der Waals surface area contributed by atoms with Gasteiger partial charge in [-0.3, -0.25) is 0 Å². The molecular weight excluding hydrogens is 285 g/mol. The molecule has 4 nitrogen and oxygen atoms in total. The van der Waals surface area contributed by atoms with Gasteiger partial charge in [0.1, 0.15) is 28.2 Å². The van der Waals surface area contributed by atoms with Crippen LogP contribution < -0.4 is 5.63 Å². The summed E-state index contributed by atoms with van der Waals surface area (Å²) in [5, 5.41) is 0.626. The summed E-state index contributed by atoms with van der Waals surface area (Å²) in [6.45, 7) is 1.88. The fourth-order valence-corrected chi connectivity index (χ4v) is 2.42. The smallest absolute Gasteiger partial charge is 0.347 e. The number of furan rings is 1. The number of nitrogens with zero attached hydrogens (tertiary/aromatic N) is 1. The average molecular weight is 295 g/mol. The van der Waals surface area contributed by atoms with Crippen molar-refractivity contribution < 1.29 is 13.2 Å². The lowest BCUT2D eigenvalue weighted by Crippen LogP contribution is -2.02. The Balaban J connectivity index is 1.97. The van der Waals surface area contributed by atoms with E-state index in [4.69, 9.17) is 8.83 Å². The zero-order valence-electron chi connectivity index (χ0n) is 11.6. The van der Waals surface area contributed by atoms with Crippen molar-refractivity contribution in [1.82, 2.24) is 4.98 Å². The Morgan fingerprint density at radius 1 is 1.00 bits per heavy atom. The van der Waals surface area contributed by atoms with Crippen LogP contribution in [0.25, 0.3) is 33.4 Å². The number of aromatic nitrogens is 1. The molecule has 0 saturated carbocycles. The van der Waals surface area contributed by atoms with E-state index in [9.17, 15) is 9.18 Å². The molecule has 3 heterocycles. The monoisotopic (exact) mass is 295 g/mol. The molecule has 108 valence electrons. The normalized spacial score (nSPS) is 11.4. The number of rotatable bonds is 1. The van der Waals surface area contributed by atoms with Crippen molar-refractivity contribution in [2.45, 2.75) is 6.92 Å². The highest BCUT2D eigenvalue weighted by atomic mass is 19.1. The highest BCUT2D eigenvalue weighted by Crippen LogP contribution is 2.27. The van der Waals surface area contributed by atoms with E-state index < -0.39 is 11.4 Å². The number of benzene rings is 1. The number of hydrogen-bond donors (Lipinski definition) is 0. The van der Waals surface area contributed by atoms with Crippen LogP contribution in [0.4, 0.5) is 4.39 Å². The number of halogens is 1. The fraction of sp³-hybridized carbons (Fsp3) is 0.0588. The Kier molecular flexibility index (Phi) is 2.63. The molecule has 0 aliphatic heterocycles. The number of hydrogen-bond acceptors (Lipinski definition) is 4. The van der Waals surface area contributed by atoms with Gasteiger partial charge in [0.05, 0.1) is 0 Å². The third kappa shape index (κ3) is 1.98. The summed E-state index contributed by atoms with van der Waals surface area (Å²) in [5.74, 6) is -0.0695. The first kappa shape index (κ1) is 12.8. The molecule has 0 aliphatic carbocycles. The largest absolute Gasteiger partial charge is 0.454 e. The molecule has 0 fully saturated rings. The summed E-state index contributed by atoms with van der Waals surface area (Å²) in [5.41, 5.74) is 2.05. The topological polar surface area (TPSA) is 56.2 Å². The number of pyridine rings is 1. The summed E-state index contributed by atoms with van der Waals surface area (Å²) in [6, 6.07) is 11.0. The van der Waals surface area contributed by atoms with Crippen LogP contribution >= 0.6 is 0 Å². The summed E-state index contributed by atoms with van der Waals surface area (Å²) in [6.07, 6.45) is 0. The number of aryl methyl sites for hydroxylation is 1.